The smallest absolute Gasteiger partial charge is 0.249 e. The summed E-state index contributed by atoms with van der Waals surface area (Å²) in [5, 5.41) is 23.7. The highest BCUT2D eigenvalue weighted by atomic mass is 35.5. The number of nitriles is 1. The van der Waals surface area contributed by atoms with Crippen LogP contribution >= 0.6 is 11.6 Å². The van der Waals surface area contributed by atoms with Gasteiger partial charge in [0.1, 0.15) is 6.07 Å². The van der Waals surface area contributed by atoms with Gasteiger partial charge in [0.2, 0.25) is 5.95 Å². The zero-order valence-electron chi connectivity index (χ0n) is 11.9. The summed E-state index contributed by atoms with van der Waals surface area (Å²) < 4.78 is 0. The van der Waals surface area contributed by atoms with Crippen LogP contribution in [0.5, 0.6) is 0 Å². The number of para-hydroxylation sites is 1. The van der Waals surface area contributed by atoms with Crippen LogP contribution in [0.15, 0.2) is 54.7 Å². The van der Waals surface area contributed by atoms with E-state index in [1.165, 1.54) is 6.20 Å². The lowest BCUT2D eigenvalue weighted by Crippen LogP contribution is -2.03. The van der Waals surface area contributed by atoms with Crippen LogP contribution in [0.1, 0.15) is 5.56 Å². The van der Waals surface area contributed by atoms with Crippen LogP contribution in [0, 0.1) is 11.3 Å². The summed E-state index contributed by atoms with van der Waals surface area (Å²) in [5.74, 6) is 0.825. The lowest BCUT2D eigenvalue weighted by atomic mass is 10.2. The number of anilines is 4. The molecule has 2 N–H and O–H groups in total. The fourth-order valence-electron chi connectivity index (χ4n) is 1.91. The van der Waals surface area contributed by atoms with Gasteiger partial charge in [-0.05, 0) is 36.4 Å². The standard InChI is InChI=1S/C16H11ClN6/c17-12-5-7-13(8-6-12)20-16-22-15(10-19-23-16)21-14-4-2-1-3-11(14)9-18/h1-8,10H,(H2,20,21,22,23). The molecule has 1 heterocycles. The van der Waals surface area contributed by atoms with Crippen molar-refractivity contribution in [2.75, 3.05) is 10.6 Å². The van der Waals surface area contributed by atoms with E-state index in [0.29, 0.717) is 28.0 Å². The summed E-state index contributed by atoms with van der Waals surface area (Å²) in [7, 11) is 0. The van der Waals surface area contributed by atoms with E-state index in [0.717, 1.165) is 5.69 Å². The molecule has 0 spiro atoms. The van der Waals surface area contributed by atoms with Crippen LogP contribution < -0.4 is 10.6 Å². The number of rotatable bonds is 4. The molecule has 0 radical (unpaired) electrons. The molecule has 0 saturated heterocycles. The Balaban J connectivity index is 1.80. The van der Waals surface area contributed by atoms with E-state index in [1.807, 2.05) is 18.2 Å². The monoisotopic (exact) mass is 322 g/mol. The van der Waals surface area contributed by atoms with Gasteiger partial charge >= 0.3 is 0 Å². The Labute approximate surface area is 137 Å². The Morgan fingerprint density at radius 3 is 2.57 bits per heavy atom. The molecule has 0 amide bonds. The first-order valence-electron chi connectivity index (χ1n) is 6.73. The van der Waals surface area contributed by atoms with Crippen molar-refractivity contribution < 1.29 is 0 Å². The Hall–Kier alpha value is -3.17. The van der Waals surface area contributed by atoms with Gasteiger partial charge in [0, 0.05) is 10.7 Å². The van der Waals surface area contributed by atoms with Gasteiger partial charge in [-0.3, -0.25) is 0 Å². The van der Waals surface area contributed by atoms with Crippen molar-refractivity contribution >= 4 is 34.7 Å². The third-order valence-corrected chi connectivity index (χ3v) is 3.22. The molecule has 1 aromatic heterocycles. The van der Waals surface area contributed by atoms with Crippen molar-refractivity contribution in [3.05, 3.63) is 65.3 Å². The van der Waals surface area contributed by atoms with Gasteiger partial charge in [-0.2, -0.15) is 15.3 Å². The second-order valence-corrected chi connectivity index (χ2v) is 5.02. The molecule has 6 nitrogen and oxygen atoms in total. The van der Waals surface area contributed by atoms with Crippen LogP contribution in [0.25, 0.3) is 0 Å². The van der Waals surface area contributed by atoms with E-state index in [-0.39, 0.29) is 0 Å². The van der Waals surface area contributed by atoms with Crippen molar-refractivity contribution in [3.8, 4) is 6.07 Å². The van der Waals surface area contributed by atoms with Crippen LogP contribution in [0.4, 0.5) is 23.1 Å². The van der Waals surface area contributed by atoms with Gasteiger partial charge in [0.25, 0.3) is 0 Å². The van der Waals surface area contributed by atoms with Crippen molar-refractivity contribution in [2.45, 2.75) is 0 Å². The van der Waals surface area contributed by atoms with Crippen molar-refractivity contribution in [1.82, 2.24) is 15.2 Å². The van der Waals surface area contributed by atoms with Crippen molar-refractivity contribution in [3.63, 3.8) is 0 Å². The van der Waals surface area contributed by atoms with Crippen LogP contribution in [0.3, 0.4) is 0 Å². The minimum absolute atomic E-state index is 0.340. The molecule has 0 unspecified atom stereocenters. The molecule has 2 aromatic carbocycles. The molecular weight excluding hydrogens is 312 g/mol. The van der Waals surface area contributed by atoms with Gasteiger partial charge in [-0.25, -0.2) is 0 Å². The maximum atomic E-state index is 9.11. The van der Waals surface area contributed by atoms with Gasteiger partial charge < -0.3 is 10.6 Å². The average molecular weight is 323 g/mol. The Morgan fingerprint density at radius 1 is 1.00 bits per heavy atom. The molecule has 0 fully saturated rings. The predicted molar refractivity (Wildman–Crippen MR) is 89.0 cm³/mol. The molecular formula is C16H11ClN6. The Kier molecular flexibility index (Phi) is 4.32. The SMILES string of the molecule is N#Cc1ccccc1Nc1cnnc(Nc2ccc(Cl)cc2)n1. The Morgan fingerprint density at radius 2 is 1.78 bits per heavy atom. The first-order chi connectivity index (χ1) is 11.2. The first kappa shape index (κ1) is 14.8. The van der Waals surface area contributed by atoms with E-state index in [1.54, 1.807) is 30.3 Å². The van der Waals surface area contributed by atoms with Gasteiger partial charge in [-0.15, -0.1) is 5.10 Å². The summed E-state index contributed by atoms with van der Waals surface area (Å²) in [6, 6.07) is 16.5. The highest BCUT2D eigenvalue weighted by molar-refractivity contribution is 6.30. The third kappa shape index (κ3) is 3.73. The zero-order valence-corrected chi connectivity index (χ0v) is 12.6. The van der Waals surface area contributed by atoms with E-state index in [9.17, 15) is 0 Å². The van der Waals surface area contributed by atoms with Crippen molar-refractivity contribution in [2.24, 2.45) is 0 Å². The Bertz CT molecular complexity index is 857. The summed E-state index contributed by atoms with van der Waals surface area (Å²) in [6.45, 7) is 0. The number of benzene rings is 2. The quantitative estimate of drug-likeness (QED) is 0.758. The van der Waals surface area contributed by atoms with Gasteiger partial charge in [0.15, 0.2) is 5.82 Å². The molecule has 0 saturated carbocycles. The summed E-state index contributed by atoms with van der Waals surface area (Å²) >= 11 is 5.85. The number of aromatic nitrogens is 3. The first-order valence-corrected chi connectivity index (χ1v) is 7.11. The highest BCUT2D eigenvalue weighted by Crippen LogP contribution is 2.20. The largest absolute Gasteiger partial charge is 0.338 e. The fraction of sp³-hybridized carbons (Fsp3) is 0. The number of hydrogen-bond acceptors (Lipinski definition) is 6. The number of hydrogen-bond donors (Lipinski definition) is 2. The summed E-state index contributed by atoms with van der Waals surface area (Å²) in [6.07, 6.45) is 1.49. The van der Waals surface area contributed by atoms with Gasteiger partial charge in [-0.1, -0.05) is 23.7 Å². The lowest BCUT2D eigenvalue weighted by Gasteiger charge is -2.08. The number of nitrogens with zero attached hydrogens (tertiary/aromatic N) is 4. The van der Waals surface area contributed by atoms with E-state index < -0.39 is 0 Å². The van der Waals surface area contributed by atoms with Gasteiger partial charge in [0.05, 0.1) is 17.4 Å². The fourth-order valence-corrected chi connectivity index (χ4v) is 2.03. The number of nitrogens with one attached hydrogen (secondary N) is 2. The summed E-state index contributed by atoms with van der Waals surface area (Å²) in [4.78, 5) is 4.32. The van der Waals surface area contributed by atoms with Crippen molar-refractivity contribution in [1.29, 1.82) is 5.26 Å². The molecule has 23 heavy (non-hydrogen) atoms. The van der Waals surface area contributed by atoms with E-state index in [2.05, 4.69) is 31.9 Å². The zero-order chi connectivity index (χ0) is 16.1. The molecule has 112 valence electrons. The predicted octanol–water partition coefficient (Wildman–Crippen LogP) is 3.88. The molecule has 0 aliphatic heterocycles. The molecule has 0 aliphatic rings. The van der Waals surface area contributed by atoms with Crippen LogP contribution in [-0.4, -0.2) is 15.2 Å². The minimum atomic E-state index is 0.340. The van der Waals surface area contributed by atoms with E-state index >= 15 is 0 Å². The number of halogens is 1. The maximum absolute atomic E-state index is 9.11. The van der Waals surface area contributed by atoms with E-state index in [4.69, 9.17) is 16.9 Å². The normalized spacial score (nSPS) is 9.91. The minimum Gasteiger partial charge on any atom is -0.338 e. The second kappa shape index (κ2) is 6.73. The lowest BCUT2D eigenvalue weighted by molar-refractivity contribution is 0.982. The molecule has 0 atom stereocenters. The van der Waals surface area contributed by atoms with Crippen LogP contribution in [0.2, 0.25) is 5.02 Å². The summed E-state index contributed by atoms with van der Waals surface area (Å²) in [5.41, 5.74) is 1.98. The molecule has 3 rings (SSSR count). The molecule has 3 aromatic rings. The highest BCUT2D eigenvalue weighted by Gasteiger charge is 2.05. The topological polar surface area (TPSA) is 86.5 Å². The second-order valence-electron chi connectivity index (χ2n) is 4.58. The average Bonchev–Trinajstić information content (AvgIpc) is 2.58. The van der Waals surface area contributed by atoms with Crippen LogP contribution in [-0.2, 0) is 0 Å². The molecule has 7 heteroatoms. The molecule has 0 aliphatic carbocycles. The third-order valence-electron chi connectivity index (χ3n) is 2.97. The maximum Gasteiger partial charge on any atom is 0.249 e. The molecule has 0 bridgehead atoms.